The fourth-order valence-electron chi connectivity index (χ4n) is 1.80. The molecule has 80 valence electrons. The molecule has 2 aromatic rings. The van der Waals surface area contributed by atoms with E-state index in [1.807, 2.05) is 0 Å². The number of fused-ring (bicyclic) bond motifs is 1. The van der Waals surface area contributed by atoms with E-state index in [2.05, 4.69) is 53.6 Å². The highest BCUT2D eigenvalue weighted by Crippen LogP contribution is 2.13. The van der Waals surface area contributed by atoms with Crippen LogP contribution in [0.1, 0.15) is 26.2 Å². The number of hydrogen-bond acceptors (Lipinski definition) is 1. The molecular weight excluding hydrogens is 184 g/mol. The van der Waals surface area contributed by atoms with Crippen LogP contribution in [0.4, 0.5) is 0 Å². The van der Waals surface area contributed by atoms with Crippen molar-refractivity contribution in [3.05, 3.63) is 36.5 Å². The van der Waals surface area contributed by atoms with Gasteiger partial charge in [0.05, 0.1) is 5.52 Å². The Balaban J connectivity index is 2.02. The van der Waals surface area contributed by atoms with Crippen LogP contribution in [-0.4, -0.2) is 11.2 Å². The van der Waals surface area contributed by atoms with Crippen LogP contribution in [-0.2, 0) is 0 Å². The number of benzene rings is 1. The molecule has 0 saturated heterocycles. The minimum absolute atomic E-state index is 1.05. The number of hydrogen-bond donors (Lipinski definition) is 1. The van der Waals surface area contributed by atoms with E-state index >= 15 is 0 Å². The van der Waals surface area contributed by atoms with Crippen LogP contribution >= 0.6 is 0 Å². The Morgan fingerprint density at radius 1 is 1.13 bits per heavy atom. The number of unbranched alkanes of at least 4 members (excludes halogenated alkanes) is 2. The molecule has 0 bridgehead atoms. The highest BCUT2D eigenvalue weighted by Gasteiger charge is 1.97. The van der Waals surface area contributed by atoms with Crippen molar-refractivity contribution < 1.29 is 0 Å². The zero-order chi connectivity index (χ0) is 10.5. The van der Waals surface area contributed by atoms with Gasteiger partial charge in [-0.1, -0.05) is 38.0 Å². The van der Waals surface area contributed by atoms with Crippen LogP contribution in [0.25, 0.3) is 10.9 Å². The lowest BCUT2D eigenvalue weighted by atomic mass is 10.2. The van der Waals surface area contributed by atoms with Gasteiger partial charge in [0.15, 0.2) is 0 Å². The lowest BCUT2D eigenvalue weighted by Crippen LogP contribution is -2.14. The summed E-state index contributed by atoms with van der Waals surface area (Å²) in [7, 11) is 0. The summed E-state index contributed by atoms with van der Waals surface area (Å²) in [4.78, 5) is 0. The Morgan fingerprint density at radius 3 is 2.87 bits per heavy atom. The zero-order valence-electron chi connectivity index (χ0n) is 9.24. The monoisotopic (exact) mass is 202 g/mol. The topological polar surface area (TPSA) is 17.0 Å². The lowest BCUT2D eigenvalue weighted by Gasteiger charge is -2.08. The molecule has 0 saturated carbocycles. The third-order valence-corrected chi connectivity index (χ3v) is 2.66. The molecule has 1 aromatic carbocycles. The van der Waals surface area contributed by atoms with Gasteiger partial charge in [-0.05, 0) is 18.6 Å². The Hall–Kier alpha value is -1.44. The summed E-state index contributed by atoms with van der Waals surface area (Å²) >= 11 is 0. The lowest BCUT2D eigenvalue weighted by molar-refractivity contribution is 0.709. The third-order valence-electron chi connectivity index (χ3n) is 2.66. The Morgan fingerprint density at radius 2 is 2.00 bits per heavy atom. The molecule has 0 aliphatic rings. The first-order valence-electron chi connectivity index (χ1n) is 5.72. The molecule has 1 N–H and O–H groups in total. The van der Waals surface area contributed by atoms with Crippen molar-refractivity contribution in [3.63, 3.8) is 0 Å². The van der Waals surface area contributed by atoms with Gasteiger partial charge in [0.1, 0.15) is 0 Å². The Bertz CT molecular complexity index is 417. The van der Waals surface area contributed by atoms with E-state index in [9.17, 15) is 0 Å². The van der Waals surface area contributed by atoms with Gasteiger partial charge >= 0.3 is 0 Å². The third kappa shape index (κ3) is 2.32. The second kappa shape index (κ2) is 4.87. The summed E-state index contributed by atoms with van der Waals surface area (Å²) in [5.74, 6) is 0. The van der Waals surface area contributed by atoms with Crippen molar-refractivity contribution in [2.24, 2.45) is 0 Å². The molecule has 2 rings (SSSR count). The maximum Gasteiger partial charge on any atom is 0.0692 e. The summed E-state index contributed by atoms with van der Waals surface area (Å²) in [5, 5.41) is 1.29. The van der Waals surface area contributed by atoms with Crippen molar-refractivity contribution in [1.82, 2.24) is 4.68 Å². The molecular formula is C13H18N2. The first-order chi connectivity index (χ1) is 7.42. The molecule has 2 nitrogen and oxygen atoms in total. The summed E-state index contributed by atoms with van der Waals surface area (Å²) < 4.78 is 2.12. The Labute approximate surface area is 90.9 Å². The molecule has 2 heteroatoms. The number of aromatic nitrogens is 1. The quantitative estimate of drug-likeness (QED) is 0.735. The van der Waals surface area contributed by atoms with E-state index in [1.54, 1.807) is 0 Å². The SMILES string of the molecule is CCCCCNn1ccc2ccccc21. The van der Waals surface area contributed by atoms with Crippen LogP contribution in [0, 0.1) is 0 Å². The standard InChI is InChI=1S/C13H18N2/c1-2-3-6-10-14-15-11-9-12-7-4-5-8-13(12)15/h4-5,7-9,11,14H,2-3,6,10H2,1H3. The number of para-hydroxylation sites is 1. The maximum atomic E-state index is 3.42. The zero-order valence-corrected chi connectivity index (χ0v) is 9.24. The van der Waals surface area contributed by atoms with Gasteiger partial charge in [-0.2, -0.15) is 0 Å². The van der Waals surface area contributed by atoms with E-state index < -0.39 is 0 Å². The number of nitrogens with zero attached hydrogens (tertiary/aromatic N) is 1. The predicted octanol–water partition coefficient (Wildman–Crippen LogP) is 3.38. The fourth-order valence-corrected chi connectivity index (χ4v) is 1.80. The summed E-state index contributed by atoms with van der Waals surface area (Å²) in [6.07, 6.45) is 5.90. The molecule has 0 unspecified atom stereocenters. The van der Waals surface area contributed by atoms with E-state index in [-0.39, 0.29) is 0 Å². The molecule has 0 aliphatic carbocycles. The smallest absolute Gasteiger partial charge is 0.0692 e. The maximum absolute atomic E-state index is 3.42. The molecule has 0 atom stereocenters. The van der Waals surface area contributed by atoms with Crippen molar-refractivity contribution in [1.29, 1.82) is 0 Å². The molecule has 15 heavy (non-hydrogen) atoms. The van der Waals surface area contributed by atoms with Crippen LogP contribution in [0.15, 0.2) is 36.5 Å². The van der Waals surface area contributed by atoms with Gasteiger partial charge in [0.2, 0.25) is 0 Å². The largest absolute Gasteiger partial charge is 0.326 e. The highest BCUT2D eigenvalue weighted by molar-refractivity contribution is 5.80. The Kier molecular flexibility index (Phi) is 3.28. The van der Waals surface area contributed by atoms with E-state index in [4.69, 9.17) is 0 Å². The van der Waals surface area contributed by atoms with Gasteiger partial charge in [-0.15, -0.1) is 0 Å². The molecule has 0 radical (unpaired) electrons. The van der Waals surface area contributed by atoms with Crippen LogP contribution < -0.4 is 5.43 Å². The minimum atomic E-state index is 1.05. The van der Waals surface area contributed by atoms with E-state index in [0.29, 0.717) is 0 Å². The van der Waals surface area contributed by atoms with Crippen LogP contribution in [0.2, 0.25) is 0 Å². The highest BCUT2D eigenvalue weighted by atomic mass is 15.4. The average molecular weight is 202 g/mol. The van der Waals surface area contributed by atoms with Gasteiger partial charge in [-0.3, -0.25) is 4.68 Å². The molecule has 0 spiro atoms. The minimum Gasteiger partial charge on any atom is -0.326 e. The first kappa shape index (κ1) is 10.1. The predicted molar refractivity (Wildman–Crippen MR) is 65.7 cm³/mol. The molecule has 1 aromatic heterocycles. The second-order valence-electron chi connectivity index (χ2n) is 3.86. The van der Waals surface area contributed by atoms with Gasteiger partial charge in [0.25, 0.3) is 0 Å². The summed E-state index contributed by atoms with van der Waals surface area (Å²) in [6, 6.07) is 10.6. The van der Waals surface area contributed by atoms with Gasteiger partial charge in [0, 0.05) is 18.1 Å². The second-order valence-corrected chi connectivity index (χ2v) is 3.86. The van der Waals surface area contributed by atoms with Crippen molar-refractivity contribution in [2.75, 3.05) is 12.0 Å². The molecule has 0 amide bonds. The summed E-state index contributed by atoms with van der Waals surface area (Å²) in [6.45, 7) is 3.28. The summed E-state index contributed by atoms with van der Waals surface area (Å²) in [5.41, 5.74) is 4.68. The van der Waals surface area contributed by atoms with Gasteiger partial charge < -0.3 is 5.43 Å². The average Bonchev–Trinajstić information content (AvgIpc) is 2.68. The normalized spacial score (nSPS) is 10.7. The molecule has 1 heterocycles. The number of rotatable bonds is 5. The van der Waals surface area contributed by atoms with Crippen molar-refractivity contribution in [2.45, 2.75) is 26.2 Å². The number of nitrogens with one attached hydrogen (secondary N) is 1. The van der Waals surface area contributed by atoms with E-state index in [1.165, 1.54) is 30.2 Å². The first-order valence-corrected chi connectivity index (χ1v) is 5.72. The molecule has 0 aliphatic heterocycles. The fraction of sp³-hybridized carbons (Fsp3) is 0.385. The van der Waals surface area contributed by atoms with Crippen molar-refractivity contribution in [3.8, 4) is 0 Å². The van der Waals surface area contributed by atoms with Crippen LogP contribution in [0.5, 0.6) is 0 Å². The van der Waals surface area contributed by atoms with Crippen LogP contribution in [0.3, 0.4) is 0 Å². The van der Waals surface area contributed by atoms with E-state index in [0.717, 1.165) is 6.54 Å². The van der Waals surface area contributed by atoms with Crippen molar-refractivity contribution >= 4 is 10.9 Å². The van der Waals surface area contributed by atoms with Gasteiger partial charge in [-0.25, -0.2) is 0 Å². The molecule has 0 fully saturated rings.